The number of carbonyl (C=O) groups excluding carboxylic acids is 3. The van der Waals surface area contributed by atoms with Crippen molar-refractivity contribution >= 4 is 56.7 Å². The number of fused-ring (bicyclic) bond motifs is 3. The van der Waals surface area contributed by atoms with Crippen LogP contribution in [0, 0.1) is 17.3 Å². The number of benzene rings is 1. The van der Waals surface area contributed by atoms with E-state index in [0.29, 0.717) is 47.6 Å². The zero-order valence-electron chi connectivity index (χ0n) is 33.5. The number of hydrogen-bond donors (Lipinski definition) is 2. The van der Waals surface area contributed by atoms with Gasteiger partial charge in [-0.1, -0.05) is 30.1 Å². The van der Waals surface area contributed by atoms with Gasteiger partial charge in [0.15, 0.2) is 16.5 Å². The minimum absolute atomic E-state index is 0.0658. The Kier molecular flexibility index (Phi) is 11.3. The van der Waals surface area contributed by atoms with Gasteiger partial charge in [-0.15, -0.1) is 11.3 Å². The third-order valence-corrected chi connectivity index (χ3v) is 13.4. The van der Waals surface area contributed by atoms with Gasteiger partial charge in [0.05, 0.1) is 48.5 Å². The van der Waals surface area contributed by atoms with Gasteiger partial charge in [0.2, 0.25) is 5.91 Å². The van der Waals surface area contributed by atoms with Crippen LogP contribution in [0.4, 0.5) is 5.13 Å². The molecule has 1 spiro atoms. The number of nitrogens with one attached hydrogen (secondary N) is 1. The van der Waals surface area contributed by atoms with Crippen LogP contribution in [0.1, 0.15) is 109 Å². The molecule has 5 heterocycles. The summed E-state index contributed by atoms with van der Waals surface area (Å²) in [5.41, 5.74) is 1.23. The maximum absolute atomic E-state index is 14.8. The molecule has 5 atom stereocenters. The van der Waals surface area contributed by atoms with Crippen molar-refractivity contribution in [3.05, 3.63) is 47.4 Å². The van der Waals surface area contributed by atoms with Crippen molar-refractivity contribution in [1.29, 1.82) is 0 Å². The fraction of sp³-hybridized carbons (Fsp3) is 0.568. The van der Waals surface area contributed by atoms with E-state index < -0.39 is 28.9 Å². The van der Waals surface area contributed by atoms with Crippen LogP contribution < -0.4 is 10.1 Å². The summed E-state index contributed by atoms with van der Waals surface area (Å²) < 4.78 is 11.4. The predicted octanol–water partition coefficient (Wildman–Crippen LogP) is 7.71. The van der Waals surface area contributed by atoms with Gasteiger partial charge in [0.1, 0.15) is 17.5 Å². The highest BCUT2D eigenvalue weighted by molar-refractivity contribution is 7.14. The second-order valence-corrected chi connectivity index (χ2v) is 18.1. The molecule has 5 aliphatic rings. The predicted molar refractivity (Wildman–Crippen MR) is 220 cm³/mol. The number of aromatic nitrogens is 2. The summed E-state index contributed by atoms with van der Waals surface area (Å²) in [5, 5.41) is 22.0. The van der Waals surface area contributed by atoms with Crippen LogP contribution in [0.5, 0.6) is 5.75 Å². The highest BCUT2D eigenvalue weighted by atomic mass is 32.1. The van der Waals surface area contributed by atoms with Gasteiger partial charge in [0, 0.05) is 53.6 Å². The summed E-state index contributed by atoms with van der Waals surface area (Å²) in [7, 11) is 1.61. The van der Waals surface area contributed by atoms with Crippen molar-refractivity contribution in [1.82, 2.24) is 14.9 Å². The molecule has 58 heavy (non-hydrogen) atoms. The highest BCUT2D eigenvalue weighted by Gasteiger charge is 2.62. The van der Waals surface area contributed by atoms with Crippen LogP contribution in [0.25, 0.3) is 22.3 Å². The van der Waals surface area contributed by atoms with Crippen molar-refractivity contribution < 1.29 is 38.6 Å². The number of aliphatic carboxylic acids is 1. The zero-order chi connectivity index (χ0) is 40.6. The van der Waals surface area contributed by atoms with E-state index in [1.807, 2.05) is 41.8 Å². The molecular weight excluding hydrogens is 759 g/mol. The number of rotatable bonds is 9. The number of esters is 1. The Morgan fingerprint density at radius 2 is 1.84 bits per heavy atom. The van der Waals surface area contributed by atoms with Crippen LogP contribution in [-0.4, -0.2) is 86.8 Å². The zero-order valence-corrected chi connectivity index (χ0v) is 34.4. The van der Waals surface area contributed by atoms with Crippen molar-refractivity contribution in [2.24, 2.45) is 22.4 Å². The lowest BCUT2D eigenvalue weighted by Crippen LogP contribution is -2.45. The molecule has 14 heteroatoms. The molecule has 2 aromatic heterocycles. The lowest BCUT2D eigenvalue weighted by molar-refractivity contribution is -0.154. The first kappa shape index (κ1) is 40.0. The molecule has 0 bridgehead atoms. The number of pyridine rings is 1. The smallest absolute Gasteiger partial charge is 0.310 e. The lowest BCUT2D eigenvalue weighted by Gasteiger charge is -2.29. The molecule has 1 saturated heterocycles. The van der Waals surface area contributed by atoms with Crippen molar-refractivity contribution in [2.45, 2.75) is 128 Å². The molecule has 13 nitrogen and oxygen atoms in total. The molecule has 1 amide bonds. The number of carbonyl (C=O) groups is 4. The Balaban J connectivity index is 1.11. The molecule has 2 unspecified atom stereocenters. The minimum Gasteiger partial charge on any atom is -0.497 e. The maximum Gasteiger partial charge on any atom is 0.310 e. The molecule has 8 rings (SSSR count). The molecule has 3 fully saturated rings. The number of allylic oxidation sites excluding steroid dienone is 2. The quantitative estimate of drug-likeness (QED) is 0.160. The van der Waals surface area contributed by atoms with E-state index in [1.165, 1.54) is 11.3 Å². The third-order valence-electron chi connectivity index (χ3n) is 12.6. The van der Waals surface area contributed by atoms with Gasteiger partial charge in [0.25, 0.3) is 0 Å². The van der Waals surface area contributed by atoms with Gasteiger partial charge in [-0.25, -0.2) is 9.97 Å². The molecule has 3 aliphatic heterocycles. The van der Waals surface area contributed by atoms with E-state index in [9.17, 15) is 24.3 Å². The van der Waals surface area contributed by atoms with Gasteiger partial charge in [-0.05, 0) is 89.3 Å². The Morgan fingerprint density at radius 1 is 1.03 bits per heavy atom. The fourth-order valence-electron chi connectivity index (χ4n) is 9.36. The van der Waals surface area contributed by atoms with E-state index in [0.717, 1.165) is 67.4 Å². The van der Waals surface area contributed by atoms with Crippen molar-refractivity contribution in [3.8, 4) is 17.1 Å². The number of oxime groups is 1. The van der Waals surface area contributed by atoms with Gasteiger partial charge in [-0.3, -0.25) is 19.2 Å². The van der Waals surface area contributed by atoms with E-state index >= 15 is 0 Å². The highest BCUT2D eigenvalue weighted by Crippen LogP contribution is 2.57. The Labute approximate surface area is 342 Å². The van der Waals surface area contributed by atoms with Crippen LogP contribution >= 0.6 is 11.3 Å². The van der Waals surface area contributed by atoms with E-state index in [-0.39, 0.29) is 61.5 Å². The van der Waals surface area contributed by atoms with Crippen LogP contribution in [0.15, 0.2) is 47.0 Å². The Hall–Kier alpha value is -4.85. The molecule has 2 saturated carbocycles. The summed E-state index contributed by atoms with van der Waals surface area (Å²) in [6.45, 7) is 4.19. The first-order chi connectivity index (χ1) is 28.0. The molecular formula is C44H53N5O8S. The molecule has 2 N–H and O–H groups in total. The number of ketones is 1. The van der Waals surface area contributed by atoms with Crippen LogP contribution in [0.3, 0.4) is 0 Å². The normalized spacial score (nSPS) is 28.4. The number of ether oxygens (including phenoxy) is 2. The van der Waals surface area contributed by atoms with Crippen LogP contribution in [0.2, 0.25) is 0 Å². The Morgan fingerprint density at radius 3 is 2.62 bits per heavy atom. The molecule has 0 radical (unpaired) electrons. The summed E-state index contributed by atoms with van der Waals surface area (Å²) in [6, 6.07) is 6.91. The number of carboxylic acids is 1. The number of carboxylic acid groups (broad SMARTS) is 1. The first-order valence-corrected chi connectivity index (χ1v) is 21.7. The average molecular weight is 812 g/mol. The van der Waals surface area contributed by atoms with E-state index in [2.05, 4.69) is 24.3 Å². The minimum atomic E-state index is -1.20. The number of nitrogens with zero attached hydrogens (tertiary/aromatic N) is 4. The average Bonchev–Trinajstić information content (AvgIpc) is 3.77. The van der Waals surface area contributed by atoms with Crippen LogP contribution in [-0.2, 0) is 28.8 Å². The first-order valence-electron chi connectivity index (χ1n) is 20.9. The largest absolute Gasteiger partial charge is 0.497 e. The fourth-order valence-corrected chi connectivity index (χ4v) is 10.2. The molecule has 308 valence electrons. The molecule has 2 aliphatic carbocycles. The summed E-state index contributed by atoms with van der Waals surface area (Å²) in [6.07, 6.45) is 11.9. The van der Waals surface area contributed by atoms with Gasteiger partial charge in [-0.2, -0.15) is 0 Å². The second-order valence-electron chi connectivity index (χ2n) is 17.2. The number of Topliss-reactive ketones (excluding diaryl/α,β-unsaturated/α-hetero) is 1. The summed E-state index contributed by atoms with van der Waals surface area (Å²) in [4.78, 5) is 73.1. The maximum atomic E-state index is 14.8. The third kappa shape index (κ3) is 8.21. The summed E-state index contributed by atoms with van der Waals surface area (Å²) in [5.74, 6) is -2.25. The number of methoxy groups -OCH3 is 1. The SMILES string of the molecule is COc1ccc2c(C3=NOC4(C3)C[C@H]3C(=O)C[C@]5(C(=O)O)C[C@H]5/C=C\CCCCCC(CC(=O)OC5CCCC5)C(=O)N3C4)cc(-c3csc(NC(C)C)n3)nc2c1. The Bertz CT molecular complexity index is 2140. The molecule has 3 aromatic rings. The number of hydrogen-bond acceptors (Lipinski definition) is 12. The van der Waals surface area contributed by atoms with Crippen molar-refractivity contribution in [3.63, 3.8) is 0 Å². The van der Waals surface area contributed by atoms with Crippen molar-refractivity contribution in [2.75, 3.05) is 19.0 Å². The lowest BCUT2D eigenvalue weighted by atomic mass is 9.87. The number of anilines is 1. The number of thiazole rings is 1. The standard InChI is InChI=1S/C44H53N5O8S/c1-26(2)45-42-47-36(24-58-42)34-19-32(31-16-15-30(55-3)18-33(31)46-34)35-21-43(57-48-35)22-37-38(50)23-44(41(53)54)20-28(44)12-8-6-4-5-7-11-27(40(52)49(37)25-43)17-39(51)56-29-13-9-10-14-29/h8,12,15-16,18-19,24,26-29,37H,4-7,9-11,13-14,17,20-23,25H2,1-3H3,(H,45,47)(H,53,54)/b12-8-/t27?,28-,37+,43?,44-/m1/s1. The topological polar surface area (TPSA) is 170 Å². The molecule has 1 aromatic carbocycles. The van der Waals surface area contributed by atoms with E-state index in [1.54, 1.807) is 12.0 Å². The summed E-state index contributed by atoms with van der Waals surface area (Å²) >= 11 is 1.50. The van der Waals surface area contributed by atoms with E-state index in [4.69, 9.17) is 24.3 Å². The van der Waals surface area contributed by atoms with Gasteiger partial charge < -0.3 is 29.6 Å². The van der Waals surface area contributed by atoms with Gasteiger partial charge >= 0.3 is 11.9 Å². The monoisotopic (exact) mass is 811 g/mol. The second kappa shape index (κ2) is 16.4. The number of amides is 1.